The lowest BCUT2D eigenvalue weighted by Crippen LogP contribution is -2.50. The van der Waals surface area contributed by atoms with Crippen LogP contribution in [0.15, 0.2) is 0 Å². The summed E-state index contributed by atoms with van der Waals surface area (Å²) >= 11 is 0. The molecule has 0 radical (unpaired) electrons. The molecule has 1 saturated carbocycles. The molecule has 0 N–H and O–H groups in total. The van der Waals surface area contributed by atoms with Crippen LogP contribution in [-0.4, -0.2) is 53.6 Å². The number of alkyl halides is 3. The molecule has 24 heavy (non-hydrogen) atoms. The van der Waals surface area contributed by atoms with Gasteiger partial charge in [-0.3, -0.25) is 9.69 Å². The van der Waals surface area contributed by atoms with Gasteiger partial charge in [0.2, 0.25) is 5.91 Å². The van der Waals surface area contributed by atoms with Crippen LogP contribution in [-0.2, 0) is 4.79 Å². The molecule has 3 rings (SSSR count). The zero-order valence-electron chi connectivity index (χ0n) is 14.5. The monoisotopic (exact) mass is 346 g/mol. The Labute approximate surface area is 142 Å². The first-order valence-corrected chi connectivity index (χ1v) is 9.53. The summed E-state index contributed by atoms with van der Waals surface area (Å²) in [5, 5.41) is 0. The molecular formula is C18H29F3N2O. The van der Waals surface area contributed by atoms with E-state index in [-0.39, 0.29) is 24.8 Å². The van der Waals surface area contributed by atoms with Crippen molar-refractivity contribution in [2.75, 3.05) is 19.6 Å². The van der Waals surface area contributed by atoms with Crippen LogP contribution in [0, 0.1) is 11.8 Å². The number of nitrogens with zero attached hydrogens (tertiary/aromatic N) is 2. The van der Waals surface area contributed by atoms with Crippen molar-refractivity contribution in [2.45, 2.75) is 76.6 Å². The van der Waals surface area contributed by atoms with Crippen molar-refractivity contribution in [3.05, 3.63) is 0 Å². The molecule has 1 aliphatic carbocycles. The number of hydrogen-bond donors (Lipinski definition) is 0. The number of likely N-dealkylation sites (tertiary alicyclic amines) is 2. The van der Waals surface area contributed by atoms with E-state index in [0.717, 1.165) is 45.3 Å². The van der Waals surface area contributed by atoms with Crippen molar-refractivity contribution < 1.29 is 18.0 Å². The molecule has 3 nitrogen and oxygen atoms in total. The van der Waals surface area contributed by atoms with Gasteiger partial charge in [-0.1, -0.05) is 13.3 Å². The van der Waals surface area contributed by atoms with Gasteiger partial charge in [0.1, 0.15) is 0 Å². The minimum absolute atomic E-state index is 0.00518. The number of carbonyl (C=O) groups excluding carboxylic acids is 1. The molecule has 2 aliphatic heterocycles. The van der Waals surface area contributed by atoms with E-state index in [0.29, 0.717) is 18.9 Å². The third kappa shape index (κ3) is 3.58. The van der Waals surface area contributed by atoms with Gasteiger partial charge in [-0.2, -0.15) is 13.2 Å². The number of carbonyl (C=O) groups is 1. The fraction of sp³-hybridized carbons (Fsp3) is 0.944. The molecule has 4 atom stereocenters. The fourth-order valence-electron chi connectivity index (χ4n) is 5.09. The molecule has 2 saturated heterocycles. The molecule has 3 aliphatic rings. The van der Waals surface area contributed by atoms with Crippen LogP contribution < -0.4 is 0 Å². The summed E-state index contributed by atoms with van der Waals surface area (Å²) in [5.74, 6) is -1.73. The second kappa shape index (κ2) is 7.22. The van der Waals surface area contributed by atoms with Crippen molar-refractivity contribution in [1.82, 2.24) is 9.80 Å². The van der Waals surface area contributed by atoms with Crippen LogP contribution in [0.4, 0.5) is 13.2 Å². The third-order valence-corrected chi connectivity index (χ3v) is 6.33. The van der Waals surface area contributed by atoms with E-state index in [9.17, 15) is 18.0 Å². The quantitative estimate of drug-likeness (QED) is 0.775. The predicted molar refractivity (Wildman–Crippen MR) is 86.5 cm³/mol. The Balaban J connectivity index is 1.67. The Bertz CT molecular complexity index is 454. The summed E-state index contributed by atoms with van der Waals surface area (Å²) in [4.78, 5) is 17.4. The Morgan fingerprint density at radius 2 is 1.71 bits per heavy atom. The van der Waals surface area contributed by atoms with Gasteiger partial charge in [0.25, 0.3) is 0 Å². The lowest BCUT2D eigenvalue weighted by atomic mass is 9.80. The van der Waals surface area contributed by atoms with Crippen LogP contribution in [0.2, 0.25) is 0 Å². The second-order valence-corrected chi connectivity index (χ2v) is 7.68. The highest BCUT2D eigenvalue weighted by Crippen LogP contribution is 2.41. The van der Waals surface area contributed by atoms with E-state index in [1.807, 2.05) is 4.90 Å². The molecule has 0 aromatic rings. The Morgan fingerprint density at radius 3 is 2.42 bits per heavy atom. The van der Waals surface area contributed by atoms with Crippen LogP contribution in [0.25, 0.3) is 0 Å². The molecule has 138 valence electrons. The minimum Gasteiger partial charge on any atom is -0.338 e. The van der Waals surface area contributed by atoms with E-state index in [2.05, 4.69) is 11.8 Å². The maximum Gasteiger partial charge on any atom is 0.391 e. The van der Waals surface area contributed by atoms with Crippen molar-refractivity contribution in [3.8, 4) is 0 Å². The number of hydrogen-bond acceptors (Lipinski definition) is 2. The van der Waals surface area contributed by atoms with E-state index in [4.69, 9.17) is 0 Å². The molecule has 2 heterocycles. The highest BCUT2D eigenvalue weighted by atomic mass is 19.4. The van der Waals surface area contributed by atoms with Crippen LogP contribution in [0.5, 0.6) is 0 Å². The highest BCUT2D eigenvalue weighted by molar-refractivity contribution is 5.79. The van der Waals surface area contributed by atoms with Gasteiger partial charge in [-0.05, 0) is 58.0 Å². The maximum absolute atomic E-state index is 13.0. The average molecular weight is 346 g/mol. The third-order valence-electron chi connectivity index (χ3n) is 6.33. The van der Waals surface area contributed by atoms with E-state index < -0.39 is 18.0 Å². The first kappa shape index (κ1) is 18.0. The smallest absolute Gasteiger partial charge is 0.338 e. The Kier molecular flexibility index (Phi) is 5.42. The van der Waals surface area contributed by atoms with Gasteiger partial charge >= 0.3 is 6.18 Å². The van der Waals surface area contributed by atoms with Gasteiger partial charge < -0.3 is 4.90 Å². The van der Waals surface area contributed by atoms with Crippen LogP contribution in [0.3, 0.4) is 0 Å². The van der Waals surface area contributed by atoms with Crippen molar-refractivity contribution in [2.24, 2.45) is 11.8 Å². The second-order valence-electron chi connectivity index (χ2n) is 7.68. The number of likely N-dealkylation sites (N-methyl/N-ethyl adjacent to an activating group) is 1. The van der Waals surface area contributed by atoms with Gasteiger partial charge in [0.15, 0.2) is 0 Å². The number of rotatable bonds is 3. The fourth-order valence-corrected chi connectivity index (χ4v) is 5.09. The standard InChI is InChI=1S/C18H29F3N2O/c1-2-22-10-4-8-15(22)16-9-5-11-23(16)17(24)13-6-3-7-14(12-13)18(19,20)21/h13-16H,2-12H2,1H3/t13-,14-,15+,16-/m0/s1. The Hall–Kier alpha value is -0.780. The molecule has 0 spiro atoms. The minimum atomic E-state index is -4.16. The first-order chi connectivity index (χ1) is 11.4. The first-order valence-electron chi connectivity index (χ1n) is 9.53. The summed E-state index contributed by atoms with van der Waals surface area (Å²) in [6.07, 6.45) is 1.42. The summed E-state index contributed by atoms with van der Waals surface area (Å²) in [7, 11) is 0. The summed E-state index contributed by atoms with van der Waals surface area (Å²) < 4.78 is 39.1. The molecular weight excluding hydrogens is 317 g/mol. The van der Waals surface area contributed by atoms with Crippen molar-refractivity contribution in [1.29, 1.82) is 0 Å². The molecule has 0 unspecified atom stereocenters. The lowest BCUT2D eigenvalue weighted by Gasteiger charge is -2.38. The molecule has 0 aromatic carbocycles. The van der Waals surface area contributed by atoms with Crippen LogP contribution >= 0.6 is 0 Å². The van der Waals surface area contributed by atoms with E-state index in [1.165, 1.54) is 0 Å². The Morgan fingerprint density at radius 1 is 1.00 bits per heavy atom. The average Bonchev–Trinajstić information content (AvgIpc) is 3.21. The van der Waals surface area contributed by atoms with Gasteiger partial charge in [-0.15, -0.1) is 0 Å². The van der Waals surface area contributed by atoms with E-state index in [1.54, 1.807) is 0 Å². The largest absolute Gasteiger partial charge is 0.391 e. The van der Waals surface area contributed by atoms with Gasteiger partial charge in [0.05, 0.1) is 5.92 Å². The zero-order chi connectivity index (χ0) is 17.3. The predicted octanol–water partition coefficient (Wildman–Crippen LogP) is 3.83. The molecule has 0 bridgehead atoms. The summed E-state index contributed by atoms with van der Waals surface area (Å²) in [6.45, 7) is 4.95. The van der Waals surface area contributed by atoms with Crippen LogP contribution in [0.1, 0.15) is 58.3 Å². The molecule has 1 amide bonds. The van der Waals surface area contributed by atoms with Crippen molar-refractivity contribution >= 4 is 5.91 Å². The highest BCUT2D eigenvalue weighted by Gasteiger charge is 2.46. The zero-order valence-corrected chi connectivity index (χ0v) is 14.5. The molecule has 0 aromatic heterocycles. The maximum atomic E-state index is 13.0. The lowest BCUT2D eigenvalue weighted by molar-refractivity contribution is -0.187. The number of amides is 1. The molecule has 6 heteroatoms. The summed E-state index contributed by atoms with van der Waals surface area (Å²) in [5.41, 5.74) is 0. The van der Waals surface area contributed by atoms with Crippen molar-refractivity contribution in [3.63, 3.8) is 0 Å². The van der Waals surface area contributed by atoms with Gasteiger partial charge in [-0.25, -0.2) is 0 Å². The molecule has 3 fully saturated rings. The SMILES string of the molecule is CCN1CCC[C@@H]1[C@@H]1CCCN1C(=O)[C@H]1CCC[C@H](C(F)(F)F)C1. The summed E-state index contributed by atoms with van der Waals surface area (Å²) in [6, 6.07) is 0.620. The normalized spacial score (nSPS) is 35.6. The van der Waals surface area contributed by atoms with E-state index >= 15 is 0 Å². The number of halogens is 3. The van der Waals surface area contributed by atoms with Gasteiger partial charge in [0, 0.05) is 24.5 Å². The topological polar surface area (TPSA) is 23.6 Å².